The number of hydrogen-bond acceptors (Lipinski definition) is 7. The number of benzene rings is 2. The highest BCUT2D eigenvalue weighted by molar-refractivity contribution is 6.33. The van der Waals surface area contributed by atoms with Gasteiger partial charge in [-0.1, -0.05) is 17.7 Å². The molecule has 0 spiro atoms. The number of carbonyl (C=O) groups excluding carboxylic acids is 1. The van der Waals surface area contributed by atoms with Gasteiger partial charge in [-0.3, -0.25) is 25.0 Å². The number of nitro benzene ring substituents is 2. The molecule has 11 heteroatoms. The van der Waals surface area contributed by atoms with Crippen LogP contribution in [0.5, 0.6) is 0 Å². The molecule has 0 saturated carbocycles. The molecule has 3 aromatic rings. The van der Waals surface area contributed by atoms with Crippen LogP contribution in [0.2, 0.25) is 5.02 Å². The maximum absolute atomic E-state index is 12.4. The number of rotatable bonds is 6. The van der Waals surface area contributed by atoms with Crippen molar-refractivity contribution < 1.29 is 19.1 Å². The summed E-state index contributed by atoms with van der Waals surface area (Å²) in [6.45, 7) is 0. The molecule has 0 fully saturated rings. The van der Waals surface area contributed by atoms with Gasteiger partial charge < -0.3 is 9.73 Å². The van der Waals surface area contributed by atoms with Crippen LogP contribution in [0.1, 0.15) is 5.76 Å². The van der Waals surface area contributed by atoms with Gasteiger partial charge in [0.1, 0.15) is 23.2 Å². The molecule has 154 valence electrons. The van der Waals surface area contributed by atoms with Crippen LogP contribution in [0.4, 0.5) is 17.1 Å². The van der Waals surface area contributed by atoms with Gasteiger partial charge in [0.15, 0.2) is 0 Å². The number of carbonyl (C=O) groups is 1. The van der Waals surface area contributed by atoms with Crippen LogP contribution in [-0.4, -0.2) is 15.8 Å². The third-order valence-electron chi connectivity index (χ3n) is 4.02. The van der Waals surface area contributed by atoms with Crippen molar-refractivity contribution in [1.29, 1.82) is 5.26 Å². The van der Waals surface area contributed by atoms with Gasteiger partial charge in [-0.2, -0.15) is 5.26 Å². The molecule has 31 heavy (non-hydrogen) atoms. The summed E-state index contributed by atoms with van der Waals surface area (Å²) in [6.07, 6.45) is 1.17. The molecule has 0 aliphatic heterocycles. The first-order valence-corrected chi connectivity index (χ1v) is 8.88. The number of non-ortho nitro benzene ring substituents is 2. The summed E-state index contributed by atoms with van der Waals surface area (Å²) < 4.78 is 5.56. The average molecular weight is 439 g/mol. The van der Waals surface area contributed by atoms with Crippen LogP contribution < -0.4 is 5.32 Å². The first-order chi connectivity index (χ1) is 14.8. The van der Waals surface area contributed by atoms with Crippen molar-refractivity contribution in [3.8, 4) is 17.4 Å². The lowest BCUT2D eigenvalue weighted by atomic mass is 10.1. The summed E-state index contributed by atoms with van der Waals surface area (Å²) in [5, 5.41) is 33.8. The number of nitro groups is 2. The smallest absolute Gasteiger partial charge is 0.271 e. The normalized spacial score (nSPS) is 10.9. The fourth-order valence-electron chi connectivity index (χ4n) is 2.58. The maximum Gasteiger partial charge on any atom is 0.271 e. The van der Waals surface area contributed by atoms with Gasteiger partial charge in [-0.25, -0.2) is 0 Å². The van der Waals surface area contributed by atoms with Crippen LogP contribution in [-0.2, 0) is 4.79 Å². The molecule has 1 aromatic heterocycles. The fraction of sp³-hybridized carbons (Fsp3) is 0. The van der Waals surface area contributed by atoms with Gasteiger partial charge >= 0.3 is 0 Å². The predicted molar refractivity (Wildman–Crippen MR) is 111 cm³/mol. The molecule has 1 heterocycles. The van der Waals surface area contributed by atoms with Crippen molar-refractivity contribution in [3.63, 3.8) is 0 Å². The lowest BCUT2D eigenvalue weighted by Gasteiger charge is -2.04. The molecule has 0 radical (unpaired) electrons. The molecule has 0 atom stereocenters. The Bertz CT molecular complexity index is 1270. The molecule has 3 rings (SSSR count). The van der Waals surface area contributed by atoms with Gasteiger partial charge in [0.25, 0.3) is 17.3 Å². The quantitative estimate of drug-likeness (QED) is 0.247. The topological polar surface area (TPSA) is 152 Å². The second-order valence-electron chi connectivity index (χ2n) is 6.05. The fourth-order valence-corrected chi connectivity index (χ4v) is 2.79. The number of anilines is 1. The Kier molecular flexibility index (Phi) is 6.09. The highest BCUT2D eigenvalue weighted by Gasteiger charge is 2.16. The molecular formula is C20H11ClN4O6. The lowest BCUT2D eigenvalue weighted by molar-refractivity contribution is -0.385. The predicted octanol–water partition coefficient (Wildman–Crippen LogP) is 4.96. The van der Waals surface area contributed by atoms with Gasteiger partial charge in [0.2, 0.25) is 0 Å². The second-order valence-corrected chi connectivity index (χ2v) is 6.46. The maximum atomic E-state index is 12.4. The Morgan fingerprint density at radius 3 is 2.45 bits per heavy atom. The number of halogens is 1. The zero-order valence-corrected chi connectivity index (χ0v) is 16.2. The van der Waals surface area contributed by atoms with Gasteiger partial charge in [-0.15, -0.1) is 0 Å². The number of nitrogens with zero attached hydrogens (tertiary/aromatic N) is 3. The van der Waals surface area contributed by atoms with Crippen molar-refractivity contribution in [3.05, 3.63) is 91.2 Å². The summed E-state index contributed by atoms with van der Waals surface area (Å²) in [5.41, 5.74) is -0.303. The summed E-state index contributed by atoms with van der Waals surface area (Å²) in [4.78, 5) is 33.0. The van der Waals surface area contributed by atoms with E-state index in [2.05, 4.69) is 5.32 Å². The molecule has 10 nitrogen and oxygen atoms in total. The SMILES string of the molecule is N#C/C(=C\c1ccc(-c2cc([N+](=O)[O-])ccc2Cl)o1)C(=O)Nc1cccc([N+](=O)[O-])c1. The number of hydrogen-bond donors (Lipinski definition) is 1. The zero-order valence-electron chi connectivity index (χ0n) is 15.4. The van der Waals surface area contributed by atoms with E-state index in [-0.39, 0.29) is 44.7 Å². The van der Waals surface area contributed by atoms with Gasteiger partial charge in [-0.05, 0) is 24.3 Å². The zero-order chi connectivity index (χ0) is 22.5. The third-order valence-corrected chi connectivity index (χ3v) is 4.35. The number of furan rings is 1. The minimum Gasteiger partial charge on any atom is -0.457 e. The van der Waals surface area contributed by atoms with Crippen molar-refractivity contribution in [2.75, 3.05) is 5.32 Å². The molecule has 1 N–H and O–H groups in total. The number of amides is 1. The van der Waals surface area contributed by atoms with E-state index in [4.69, 9.17) is 16.0 Å². The Balaban J connectivity index is 1.85. The average Bonchev–Trinajstić information content (AvgIpc) is 3.20. The Labute approximate surface area is 179 Å². The summed E-state index contributed by atoms with van der Waals surface area (Å²) in [6, 6.07) is 13.8. The van der Waals surface area contributed by atoms with E-state index < -0.39 is 15.8 Å². The highest BCUT2D eigenvalue weighted by Crippen LogP contribution is 2.33. The van der Waals surface area contributed by atoms with E-state index >= 15 is 0 Å². The van der Waals surface area contributed by atoms with Crippen molar-refractivity contribution in [2.24, 2.45) is 0 Å². The first-order valence-electron chi connectivity index (χ1n) is 8.50. The monoisotopic (exact) mass is 438 g/mol. The molecular weight excluding hydrogens is 428 g/mol. The minimum absolute atomic E-state index is 0.128. The highest BCUT2D eigenvalue weighted by atomic mass is 35.5. The van der Waals surface area contributed by atoms with Gasteiger partial charge in [0.05, 0.1) is 14.9 Å². The molecule has 0 saturated heterocycles. The summed E-state index contributed by atoms with van der Waals surface area (Å²) in [5.74, 6) is -0.464. The van der Waals surface area contributed by atoms with Crippen LogP contribution in [0, 0.1) is 31.6 Å². The molecule has 0 aliphatic carbocycles. The largest absolute Gasteiger partial charge is 0.457 e. The van der Waals surface area contributed by atoms with E-state index in [0.29, 0.717) is 0 Å². The van der Waals surface area contributed by atoms with Crippen LogP contribution in [0.15, 0.2) is 64.6 Å². The molecule has 0 aliphatic rings. The Hall–Kier alpha value is -4.49. The Morgan fingerprint density at radius 1 is 1.06 bits per heavy atom. The van der Waals surface area contributed by atoms with Crippen molar-refractivity contribution in [1.82, 2.24) is 0 Å². The molecule has 2 aromatic carbocycles. The van der Waals surface area contributed by atoms with E-state index in [1.165, 1.54) is 54.6 Å². The van der Waals surface area contributed by atoms with E-state index in [1.54, 1.807) is 6.07 Å². The van der Waals surface area contributed by atoms with Crippen molar-refractivity contribution in [2.45, 2.75) is 0 Å². The third kappa shape index (κ3) is 4.92. The van der Waals surface area contributed by atoms with Crippen LogP contribution in [0.3, 0.4) is 0 Å². The molecule has 1 amide bonds. The van der Waals surface area contributed by atoms with E-state index in [1.807, 2.05) is 0 Å². The second kappa shape index (κ2) is 8.89. The first kappa shape index (κ1) is 21.2. The lowest BCUT2D eigenvalue weighted by Crippen LogP contribution is -2.13. The van der Waals surface area contributed by atoms with E-state index in [9.17, 15) is 30.3 Å². The van der Waals surface area contributed by atoms with Crippen LogP contribution >= 0.6 is 11.6 Å². The van der Waals surface area contributed by atoms with Crippen molar-refractivity contribution >= 4 is 40.6 Å². The van der Waals surface area contributed by atoms with E-state index in [0.717, 1.165) is 6.07 Å². The number of nitriles is 1. The summed E-state index contributed by atoms with van der Waals surface area (Å²) >= 11 is 6.09. The standard InChI is InChI=1S/C20H11ClN4O6/c21-18-6-4-15(25(29)30)10-17(18)19-7-5-16(31-19)8-12(11-22)20(26)23-13-2-1-3-14(9-13)24(27)28/h1-10H,(H,23,26)/b12-8+. The Morgan fingerprint density at radius 2 is 1.77 bits per heavy atom. The minimum atomic E-state index is -0.797. The molecule has 0 unspecified atom stereocenters. The molecule has 0 bridgehead atoms. The number of nitrogens with one attached hydrogen (secondary N) is 1. The van der Waals surface area contributed by atoms with Crippen LogP contribution in [0.25, 0.3) is 17.4 Å². The van der Waals surface area contributed by atoms with Gasteiger partial charge in [0, 0.05) is 41.6 Å². The summed E-state index contributed by atoms with van der Waals surface area (Å²) in [7, 11) is 0.